The quantitative estimate of drug-likeness (QED) is 0.513. The predicted molar refractivity (Wildman–Crippen MR) is 141 cm³/mol. The van der Waals surface area contributed by atoms with E-state index in [4.69, 9.17) is 5.73 Å². The van der Waals surface area contributed by atoms with Crippen molar-refractivity contribution < 1.29 is 36.7 Å². The van der Waals surface area contributed by atoms with Crippen LogP contribution < -0.4 is 16.0 Å². The normalized spacial score (nSPS) is 17.8. The van der Waals surface area contributed by atoms with E-state index in [9.17, 15) is 36.7 Å². The van der Waals surface area contributed by atoms with Crippen molar-refractivity contribution in [1.82, 2.24) is 15.1 Å². The van der Waals surface area contributed by atoms with Crippen molar-refractivity contribution in [3.05, 3.63) is 65.0 Å². The van der Waals surface area contributed by atoms with E-state index < -0.39 is 58.3 Å². The Labute approximate surface area is 234 Å². The fraction of sp³-hybridized carbons (Fsp3) is 0.429. The second-order valence-corrected chi connectivity index (χ2v) is 10.7. The van der Waals surface area contributed by atoms with Crippen LogP contribution in [0.3, 0.4) is 0 Å². The molecule has 2 aromatic rings. The van der Waals surface area contributed by atoms with Crippen molar-refractivity contribution in [2.75, 3.05) is 31.7 Å². The van der Waals surface area contributed by atoms with Gasteiger partial charge in [0.15, 0.2) is 0 Å². The van der Waals surface area contributed by atoms with Gasteiger partial charge in [-0.15, -0.1) is 0 Å². The minimum atomic E-state index is -4.77. The van der Waals surface area contributed by atoms with Crippen LogP contribution in [0.1, 0.15) is 53.0 Å². The van der Waals surface area contributed by atoms with Crippen molar-refractivity contribution >= 4 is 29.3 Å². The zero-order valence-electron chi connectivity index (χ0n) is 22.8. The topological polar surface area (TPSA) is 116 Å². The number of likely N-dealkylation sites (tertiary alicyclic amines) is 1. The molecule has 1 spiro atoms. The lowest BCUT2D eigenvalue weighted by Crippen LogP contribution is -2.60. The summed E-state index contributed by atoms with van der Waals surface area (Å²) in [4.78, 5) is 56.1. The highest BCUT2D eigenvalue weighted by molar-refractivity contribution is 5.98. The largest absolute Gasteiger partial charge is 0.416 e. The molecule has 2 aliphatic heterocycles. The highest BCUT2D eigenvalue weighted by Crippen LogP contribution is 2.39. The number of carbonyl (C=O) groups is 4. The Bertz CT molecular complexity index is 1350. The summed E-state index contributed by atoms with van der Waals surface area (Å²) < 4.78 is 53.7. The Kier molecular flexibility index (Phi) is 8.01. The van der Waals surface area contributed by atoms with Crippen LogP contribution in [0.4, 0.5) is 23.2 Å². The van der Waals surface area contributed by atoms with Gasteiger partial charge in [-0.1, -0.05) is 13.8 Å². The van der Waals surface area contributed by atoms with Crippen LogP contribution in [-0.4, -0.2) is 71.8 Å². The Balaban J connectivity index is 1.50. The van der Waals surface area contributed by atoms with Gasteiger partial charge in [0.05, 0.1) is 17.8 Å². The maximum Gasteiger partial charge on any atom is 0.416 e. The SMILES string of the molecule is CC(C)C(NC(=O)c1cc(C(F)(F)F)ccc1F)C(=O)N1CCC2(CC1)C(=O)N(C)CN2c1ccc(C(N)=O)cc1. The van der Waals surface area contributed by atoms with Crippen LogP contribution in [0.5, 0.6) is 0 Å². The number of hydrogen-bond donors (Lipinski definition) is 2. The summed E-state index contributed by atoms with van der Waals surface area (Å²) in [7, 11) is 1.68. The standard InChI is InChI=1S/C28H31F4N5O4/c1-16(2)22(34-24(39)20-14-18(28(30,31)32)6-9-21(20)29)25(40)36-12-10-27(11-13-36)26(41)35(3)15-37(27)19-7-4-17(5-8-19)23(33)38/h4-9,14,16,22H,10-13,15H2,1-3H3,(H2,33,38)(H,34,39). The van der Waals surface area contributed by atoms with E-state index in [1.54, 1.807) is 50.1 Å². The number of nitrogens with two attached hydrogens (primary N) is 1. The minimum absolute atomic E-state index is 0.114. The fourth-order valence-corrected chi connectivity index (χ4v) is 5.40. The lowest BCUT2D eigenvalue weighted by molar-refractivity contribution is -0.139. The molecule has 4 rings (SSSR count). The molecule has 220 valence electrons. The average molecular weight is 578 g/mol. The fourth-order valence-electron chi connectivity index (χ4n) is 5.40. The number of carbonyl (C=O) groups excluding carboxylic acids is 4. The molecule has 9 nitrogen and oxygen atoms in total. The van der Waals surface area contributed by atoms with Gasteiger partial charge in [0.1, 0.15) is 17.4 Å². The van der Waals surface area contributed by atoms with Crippen molar-refractivity contribution in [1.29, 1.82) is 0 Å². The number of rotatable bonds is 6. The van der Waals surface area contributed by atoms with E-state index >= 15 is 0 Å². The van der Waals surface area contributed by atoms with Crippen molar-refractivity contribution in [2.45, 2.75) is 44.4 Å². The number of anilines is 1. The third-order valence-corrected chi connectivity index (χ3v) is 7.74. The van der Waals surface area contributed by atoms with Gasteiger partial charge in [-0.05, 0) is 61.2 Å². The summed E-state index contributed by atoms with van der Waals surface area (Å²) in [6.07, 6.45) is -4.22. The molecule has 0 saturated carbocycles. The third-order valence-electron chi connectivity index (χ3n) is 7.74. The summed E-state index contributed by atoms with van der Waals surface area (Å²) >= 11 is 0. The van der Waals surface area contributed by atoms with Gasteiger partial charge in [0.25, 0.3) is 5.91 Å². The van der Waals surface area contributed by atoms with E-state index in [-0.39, 0.29) is 31.8 Å². The Morgan fingerprint density at radius 2 is 1.63 bits per heavy atom. The van der Waals surface area contributed by atoms with Gasteiger partial charge >= 0.3 is 6.18 Å². The van der Waals surface area contributed by atoms with Crippen molar-refractivity contribution in [3.63, 3.8) is 0 Å². The number of likely N-dealkylation sites (N-methyl/N-ethyl adjacent to an activating group) is 1. The Morgan fingerprint density at radius 3 is 2.17 bits per heavy atom. The first kappa shape index (κ1) is 29.8. The Morgan fingerprint density at radius 1 is 1.02 bits per heavy atom. The molecule has 3 N–H and O–H groups in total. The maximum absolute atomic E-state index is 14.3. The summed E-state index contributed by atoms with van der Waals surface area (Å²) in [5, 5.41) is 2.41. The minimum Gasteiger partial charge on any atom is -0.366 e. The molecule has 0 bridgehead atoms. The number of nitrogens with one attached hydrogen (secondary N) is 1. The third kappa shape index (κ3) is 5.70. The number of primary amides is 1. The lowest BCUT2D eigenvalue weighted by atomic mass is 9.85. The molecule has 0 aliphatic carbocycles. The average Bonchev–Trinajstić information content (AvgIpc) is 3.16. The number of amides is 4. The molecule has 1 unspecified atom stereocenters. The van der Waals surface area contributed by atoms with Crippen LogP contribution >= 0.6 is 0 Å². The first-order valence-corrected chi connectivity index (χ1v) is 13.0. The Hall–Kier alpha value is -4.16. The highest BCUT2D eigenvalue weighted by Gasteiger charge is 2.53. The summed E-state index contributed by atoms with van der Waals surface area (Å²) in [5.74, 6) is -3.90. The lowest BCUT2D eigenvalue weighted by Gasteiger charge is -2.44. The highest BCUT2D eigenvalue weighted by atomic mass is 19.4. The number of alkyl halides is 3. The number of halogens is 4. The van der Waals surface area contributed by atoms with Crippen LogP contribution in [0, 0.1) is 11.7 Å². The summed E-state index contributed by atoms with van der Waals surface area (Å²) in [6, 6.07) is 6.97. The number of nitrogens with zero attached hydrogens (tertiary/aromatic N) is 3. The molecular weight excluding hydrogens is 546 g/mol. The van der Waals surface area contributed by atoms with Crippen LogP contribution in [-0.2, 0) is 15.8 Å². The van der Waals surface area contributed by atoms with Gasteiger partial charge < -0.3 is 25.8 Å². The molecule has 0 aromatic heterocycles. The number of hydrogen-bond acceptors (Lipinski definition) is 5. The summed E-state index contributed by atoms with van der Waals surface area (Å²) in [6.45, 7) is 3.96. The predicted octanol–water partition coefficient (Wildman–Crippen LogP) is 3.00. The first-order valence-electron chi connectivity index (χ1n) is 13.0. The molecule has 2 aliphatic rings. The molecule has 2 saturated heterocycles. The van der Waals surface area contributed by atoms with Crippen LogP contribution in [0.15, 0.2) is 42.5 Å². The zero-order chi connectivity index (χ0) is 30.3. The van der Waals surface area contributed by atoms with Crippen LogP contribution in [0.2, 0.25) is 0 Å². The molecule has 0 radical (unpaired) electrons. The molecule has 4 amide bonds. The summed E-state index contributed by atoms with van der Waals surface area (Å²) in [5.41, 5.74) is 3.45. The van der Waals surface area contributed by atoms with Crippen LogP contribution in [0.25, 0.3) is 0 Å². The number of piperidine rings is 1. The molecule has 2 aromatic carbocycles. The molecule has 41 heavy (non-hydrogen) atoms. The molecule has 13 heteroatoms. The van der Waals surface area contributed by atoms with Crippen molar-refractivity contribution in [2.24, 2.45) is 11.7 Å². The second kappa shape index (κ2) is 11.0. The van der Waals surface area contributed by atoms with E-state index in [1.807, 2.05) is 4.90 Å². The monoisotopic (exact) mass is 577 g/mol. The van der Waals surface area contributed by atoms with Gasteiger partial charge in [0.2, 0.25) is 17.7 Å². The molecular formula is C28H31F4N5O4. The van der Waals surface area contributed by atoms with Gasteiger partial charge in [0, 0.05) is 31.4 Å². The van der Waals surface area contributed by atoms with E-state index in [0.717, 1.165) is 0 Å². The van der Waals surface area contributed by atoms with E-state index in [2.05, 4.69) is 5.32 Å². The second-order valence-electron chi connectivity index (χ2n) is 10.7. The van der Waals surface area contributed by atoms with Gasteiger partial charge in [-0.3, -0.25) is 19.2 Å². The van der Waals surface area contributed by atoms with Gasteiger partial charge in [-0.2, -0.15) is 13.2 Å². The smallest absolute Gasteiger partial charge is 0.366 e. The van der Waals surface area contributed by atoms with Crippen molar-refractivity contribution in [3.8, 4) is 0 Å². The zero-order valence-corrected chi connectivity index (χ0v) is 22.8. The first-order chi connectivity index (χ1) is 19.2. The molecule has 1 atom stereocenters. The van der Waals surface area contributed by atoms with E-state index in [0.29, 0.717) is 36.1 Å². The maximum atomic E-state index is 14.3. The van der Waals surface area contributed by atoms with Gasteiger partial charge in [-0.25, -0.2) is 4.39 Å². The van der Waals surface area contributed by atoms with E-state index in [1.165, 1.54) is 4.90 Å². The molecule has 2 heterocycles. The molecule has 2 fully saturated rings. The number of benzene rings is 2.